The fourth-order valence-corrected chi connectivity index (χ4v) is 4.17. The van der Waals surface area contributed by atoms with Crippen LogP contribution in [0.5, 0.6) is 5.75 Å². The first-order valence-electron chi connectivity index (χ1n) is 7.93. The minimum absolute atomic E-state index is 0.000344. The third-order valence-electron chi connectivity index (χ3n) is 3.33. The minimum Gasteiger partial charge on any atom is -0.482 e. The van der Waals surface area contributed by atoms with E-state index in [1.54, 1.807) is 24.3 Å². The highest BCUT2D eigenvalue weighted by Gasteiger charge is 2.12. The third-order valence-corrected chi connectivity index (χ3v) is 5.83. The van der Waals surface area contributed by atoms with Crippen molar-refractivity contribution in [2.75, 3.05) is 17.7 Å². The summed E-state index contributed by atoms with van der Waals surface area (Å²) in [5.41, 5.74) is 0.644. The summed E-state index contributed by atoms with van der Waals surface area (Å²) in [4.78, 5) is 24.1. The van der Waals surface area contributed by atoms with E-state index >= 15 is 0 Å². The standard InChI is InChI=1S/C18H13Cl2N3O3S2/c19-12-6-7-15(13(20)8-12)26-9-16(25)21-17-22-23-18(28-17)27-10-14(24)11-4-2-1-3-5-11/h1-8H,9-10H2,(H,21,22,25). The molecule has 2 aromatic carbocycles. The second-order valence-corrected chi connectivity index (χ2v) is 8.41. The second-order valence-electron chi connectivity index (χ2n) is 5.36. The number of ketones is 1. The first-order chi connectivity index (χ1) is 13.5. The molecule has 1 heterocycles. The number of hydrogen-bond donors (Lipinski definition) is 1. The van der Waals surface area contributed by atoms with E-state index in [4.69, 9.17) is 27.9 Å². The summed E-state index contributed by atoms with van der Waals surface area (Å²) in [6.45, 7) is -0.240. The van der Waals surface area contributed by atoms with Crippen LogP contribution in [0.3, 0.4) is 0 Å². The molecule has 1 amide bonds. The van der Waals surface area contributed by atoms with Crippen LogP contribution in [-0.4, -0.2) is 34.2 Å². The number of carbonyl (C=O) groups is 2. The fraction of sp³-hybridized carbons (Fsp3) is 0.111. The minimum atomic E-state index is -0.404. The number of nitrogens with one attached hydrogen (secondary N) is 1. The highest BCUT2D eigenvalue weighted by atomic mass is 35.5. The summed E-state index contributed by atoms with van der Waals surface area (Å²) < 4.78 is 5.95. The van der Waals surface area contributed by atoms with Crippen molar-refractivity contribution >= 4 is 63.1 Å². The van der Waals surface area contributed by atoms with Crippen LogP contribution in [-0.2, 0) is 4.79 Å². The molecule has 0 bridgehead atoms. The average molecular weight is 454 g/mol. The lowest BCUT2D eigenvalue weighted by Gasteiger charge is -2.07. The lowest BCUT2D eigenvalue weighted by atomic mass is 10.2. The van der Waals surface area contributed by atoms with E-state index < -0.39 is 5.91 Å². The molecule has 144 valence electrons. The topological polar surface area (TPSA) is 81.2 Å². The fourth-order valence-electron chi connectivity index (χ4n) is 2.04. The van der Waals surface area contributed by atoms with Gasteiger partial charge < -0.3 is 4.74 Å². The van der Waals surface area contributed by atoms with Crippen LogP contribution < -0.4 is 10.1 Å². The quantitative estimate of drug-likeness (QED) is 0.298. The Labute approximate surface area is 179 Å². The smallest absolute Gasteiger partial charge is 0.264 e. The predicted octanol–water partition coefficient (Wildman–Crippen LogP) is 4.84. The summed E-state index contributed by atoms with van der Waals surface area (Å²) in [7, 11) is 0. The Kier molecular flexibility index (Phi) is 7.27. The van der Waals surface area contributed by atoms with Gasteiger partial charge in [-0.25, -0.2) is 0 Å². The van der Waals surface area contributed by atoms with Crippen molar-refractivity contribution in [1.82, 2.24) is 10.2 Å². The van der Waals surface area contributed by atoms with E-state index in [2.05, 4.69) is 15.5 Å². The summed E-state index contributed by atoms with van der Waals surface area (Å²) in [5.74, 6) is 0.193. The molecule has 0 radical (unpaired) electrons. The lowest BCUT2D eigenvalue weighted by Crippen LogP contribution is -2.20. The van der Waals surface area contributed by atoms with Gasteiger partial charge in [-0.1, -0.05) is 76.6 Å². The highest BCUT2D eigenvalue weighted by molar-refractivity contribution is 8.01. The Morgan fingerprint density at radius 1 is 1.11 bits per heavy atom. The van der Waals surface area contributed by atoms with Crippen LogP contribution in [0.15, 0.2) is 52.9 Å². The van der Waals surface area contributed by atoms with Gasteiger partial charge in [0, 0.05) is 10.6 Å². The molecule has 28 heavy (non-hydrogen) atoms. The van der Waals surface area contributed by atoms with Crippen LogP contribution >= 0.6 is 46.3 Å². The van der Waals surface area contributed by atoms with Crippen LogP contribution in [0, 0.1) is 0 Å². The average Bonchev–Trinajstić information content (AvgIpc) is 3.13. The normalized spacial score (nSPS) is 10.5. The largest absolute Gasteiger partial charge is 0.482 e. The van der Waals surface area contributed by atoms with E-state index in [0.717, 1.165) is 0 Å². The number of hydrogen-bond acceptors (Lipinski definition) is 7. The SMILES string of the molecule is O=C(COc1ccc(Cl)cc1Cl)Nc1nnc(SCC(=O)c2ccccc2)s1. The molecule has 0 aliphatic rings. The maximum Gasteiger partial charge on any atom is 0.264 e. The molecule has 0 aliphatic carbocycles. The van der Waals surface area contributed by atoms with Crippen molar-refractivity contribution in [2.45, 2.75) is 4.34 Å². The highest BCUT2D eigenvalue weighted by Crippen LogP contribution is 2.28. The first kappa shape index (κ1) is 20.6. The zero-order valence-electron chi connectivity index (χ0n) is 14.2. The van der Waals surface area contributed by atoms with Gasteiger partial charge in [-0.2, -0.15) is 0 Å². The second kappa shape index (κ2) is 9.88. The van der Waals surface area contributed by atoms with Gasteiger partial charge in [0.15, 0.2) is 16.7 Å². The van der Waals surface area contributed by atoms with Crippen molar-refractivity contribution < 1.29 is 14.3 Å². The van der Waals surface area contributed by atoms with E-state index in [1.807, 2.05) is 18.2 Å². The number of nitrogens with zero attached hydrogens (tertiary/aromatic N) is 2. The van der Waals surface area contributed by atoms with Crippen molar-refractivity contribution in [3.8, 4) is 5.75 Å². The third kappa shape index (κ3) is 5.93. The zero-order valence-corrected chi connectivity index (χ0v) is 17.4. The molecule has 6 nitrogen and oxygen atoms in total. The molecule has 3 rings (SSSR count). The summed E-state index contributed by atoms with van der Waals surface area (Å²) in [6, 6.07) is 13.7. The number of halogens is 2. The lowest BCUT2D eigenvalue weighted by molar-refractivity contribution is -0.118. The molecule has 0 aliphatic heterocycles. The molecule has 0 unspecified atom stereocenters. The van der Waals surface area contributed by atoms with Crippen molar-refractivity contribution in [3.05, 3.63) is 64.1 Å². The molecular weight excluding hydrogens is 441 g/mol. The van der Waals surface area contributed by atoms with Crippen molar-refractivity contribution in [3.63, 3.8) is 0 Å². The monoisotopic (exact) mass is 453 g/mol. The Balaban J connectivity index is 1.47. The Hall–Kier alpha value is -2.13. The Bertz CT molecular complexity index is 983. The van der Waals surface area contributed by atoms with Gasteiger partial charge in [0.25, 0.3) is 5.91 Å². The molecule has 0 spiro atoms. The number of rotatable bonds is 8. The van der Waals surface area contributed by atoms with Crippen molar-refractivity contribution in [2.24, 2.45) is 0 Å². The number of Topliss-reactive ketones (excluding diaryl/α,β-unsaturated/α-hetero) is 1. The number of ether oxygens (including phenoxy) is 1. The van der Waals surface area contributed by atoms with E-state index in [0.29, 0.717) is 30.8 Å². The van der Waals surface area contributed by atoms with Gasteiger partial charge in [0.2, 0.25) is 5.13 Å². The van der Waals surface area contributed by atoms with Crippen LogP contribution in [0.2, 0.25) is 10.0 Å². The molecule has 1 N–H and O–H groups in total. The zero-order chi connectivity index (χ0) is 19.9. The molecule has 3 aromatic rings. The van der Waals surface area contributed by atoms with Gasteiger partial charge in [-0.15, -0.1) is 10.2 Å². The Morgan fingerprint density at radius 3 is 2.64 bits per heavy atom. The number of benzene rings is 2. The molecule has 10 heteroatoms. The maximum atomic E-state index is 12.1. The van der Waals surface area contributed by atoms with E-state index in [-0.39, 0.29) is 18.1 Å². The van der Waals surface area contributed by atoms with E-state index in [9.17, 15) is 9.59 Å². The number of aromatic nitrogens is 2. The van der Waals surface area contributed by atoms with E-state index in [1.165, 1.54) is 29.2 Å². The van der Waals surface area contributed by atoms with Gasteiger partial charge in [-0.3, -0.25) is 14.9 Å². The van der Waals surface area contributed by atoms with Gasteiger partial charge in [0.05, 0.1) is 10.8 Å². The molecule has 0 saturated carbocycles. The Morgan fingerprint density at radius 2 is 1.89 bits per heavy atom. The van der Waals surface area contributed by atoms with Gasteiger partial charge in [-0.05, 0) is 18.2 Å². The van der Waals surface area contributed by atoms with Gasteiger partial charge >= 0.3 is 0 Å². The van der Waals surface area contributed by atoms with Crippen LogP contribution in [0.1, 0.15) is 10.4 Å². The summed E-state index contributed by atoms with van der Waals surface area (Å²) in [6.07, 6.45) is 0. The van der Waals surface area contributed by atoms with Gasteiger partial charge in [0.1, 0.15) is 5.75 Å². The number of anilines is 1. The predicted molar refractivity (Wildman–Crippen MR) is 112 cm³/mol. The van der Waals surface area contributed by atoms with Crippen LogP contribution in [0.25, 0.3) is 0 Å². The molecule has 0 fully saturated rings. The number of carbonyl (C=O) groups excluding carboxylic acids is 2. The number of amides is 1. The first-order valence-corrected chi connectivity index (χ1v) is 10.5. The molecule has 1 aromatic heterocycles. The molecular formula is C18H13Cl2N3O3S2. The summed E-state index contributed by atoms with van der Waals surface area (Å²) in [5, 5.41) is 11.6. The summed E-state index contributed by atoms with van der Waals surface area (Å²) >= 11 is 14.3. The maximum absolute atomic E-state index is 12.1. The molecule has 0 saturated heterocycles. The van der Waals surface area contributed by atoms with Crippen LogP contribution in [0.4, 0.5) is 5.13 Å². The molecule has 0 atom stereocenters. The van der Waals surface area contributed by atoms with Crippen molar-refractivity contribution in [1.29, 1.82) is 0 Å². The number of thioether (sulfide) groups is 1.